The Morgan fingerprint density at radius 3 is 2.48 bits per heavy atom. The lowest BCUT2D eigenvalue weighted by molar-refractivity contribution is 0.0593. The molecule has 174 valence electrons. The molecule has 1 aliphatic rings. The molecule has 33 heavy (non-hydrogen) atoms. The smallest absolute Gasteiger partial charge is 0.290 e. The summed E-state index contributed by atoms with van der Waals surface area (Å²) in [5.74, 6) is 0.654. The first-order valence-electron chi connectivity index (χ1n) is 11.7. The first-order valence-corrected chi connectivity index (χ1v) is 11.7. The lowest BCUT2D eigenvalue weighted by Gasteiger charge is -2.25. The molecule has 0 radical (unpaired) electrons. The van der Waals surface area contributed by atoms with E-state index in [-0.39, 0.29) is 23.2 Å². The Labute approximate surface area is 194 Å². The first-order chi connectivity index (χ1) is 16.0. The highest BCUT2D eigenvalue weighted by Crippen LogP contribution is 2.38. The van der Waals surface area contributed by atoms with Crippen LogP contribution in [0.4, 0.5) is 0 Å². The predicted octanol–water partition coefficient (Wildman–Crippen LogP) is 5.33. The molecule has 0 saturated carbocycles. The number of ether oxygens (including phenoxy) is 2. The van der Waals surface area contributed by atoms with Crippen LogP contribution in [0.1, 0.15) is 67.8 Å². The standard InChI is InChI=1S/C27H31NO5/c1-4-5-16-32-20-13-11-19(12-14-20)24-23-25(29)21-9-6-7-10-22(21)33-26(23)27(30)28(24)15-8-17-31-18(2)3/h6-7,9-14,18,24H,4-5,8,15-17H2,1-3H3/t24-/m1/s1. The highest BCUT2D eigenvalue weighted by molar-refractivity contribution is 5.99. The number of amides is 1. The number of para-hydroxylation sites is 1. The summed E-state index contributed by atoms with van der Waals surface area (Å²) in [7, 11) is 0. The number of fused-ring (bicyclic) bond motifs is 2. The number of hydrogen-bond donors (Lipinski definition) is 0. The van der Waals surface area contributed by atoms with Crippen molar-refractivity contribution in [2.45, 2.75) is 52.2 Å². The fraction of sp³-hybridized carbons (Fsp3) is 0.407. The summed E-state index contributed by atoms with van der Waals surface area (Å²) in [5, 5.41) is 0.485. The number of carbonyl (C=O) groups excluding carboxylic acids is 1. The van der Waals surface area contributed by atoms with Crippen LogP contribution in [0, 0.1) is 0 Å². The molecule has 2 heterocycles. The highest BCUT2D eigenvalue weighted by atomic mass is 16.5. The van der Waals surface area contributed by atoms with Crippen molar-refractivity contribution >= 4 is 16.9 Å². The van der Waals surface area contributed by atoms with E-state index in [2.05, 4.69) is 6.92 Å². The lowest BCUT2D eigenvalue weighted by Crippen LogP contribution is -2.31. The van der Waals surface area contributed by atoms with Gasteiger partial charge in [-0.25, -0.2) is 0 Å². The van der Waals surface area contributed by atoms with Gasteiger partial charge in [0, 0.05) is 13.2 Å². The van der Waals surface area contributed by atoms with Crippen molar-refractivity contribution in [2.24, 2.45) is 0 Å². The second-order valence-electron chi connectivity index (χ2n) is 8.62. The van der Waals surface area contributed by atoms with Gasteiger partial charge in [0.1, 0.15) is 11.3 Å². The van der Waals surface area contributed by atoms with Crippen LogP contribution in [0.5, 0.6) is 5.75 Å². The van der Waals surface area contributed by atoms with Crippen LogP contribution in [0.2, 0.25) is 0 Å². The Morgan fingerprint density at radius 1 is 1.00 bits per heavy atom. The molecule has 0 aliphatic carbocycles. The molecule has 4 rings (SSSR count). The van der Waals surface area contributed by atoms with Gasteiger partial charge in [0.05, 0.1) is 29.7 Å². The minimum atomic E-state index is -0.503. The molecule has 2 aromatic carbocycles. The van der Waals surface area contributed by atoms with Crippen LogP contribution in [0.3, 0.4) is 0 Å². The molecule has 1 aliphatic heterocycles. The summed E-state index contributed by atoms with van der Waals surface area (Å²) < 4.78 is 17.4. The van der Waals surface area contributed by atoms with Gasteiger partial charge in [0.25, 0.3) is 5.91 Å². The van der Waals surface area contributed by atoms with E-state index < -0.39 is 6.04 Å². The summed E-state index contributed by atoms with van der Waals surface area (Å²) in [6.07, 6.45) is 2.85. The van der Waals surface area contributed by atoms with Crippen molar-refractivity contribution < 1.29 is 18.7 Å². The third-order valence-electron chi connectivity index (χ3n) is 5.83. The van der Waals surface area contributed by atoms with Gasteiger partial charge in [-0.05, 0) is 56.5 Å². The van der Waals surface area contributed by atoms with Gasteiger partial charge in [-0.1, -0.05) is 37.6 Å². The summed E-state index contributed by atoms with van der Waals surface area (Å²) in [5.41, 5.74) is 1.54. The minimum absolute atomic E-state index is 0.126. The second kappa shape index (κ2) is 10.2. The maximum absolute atomic E-state index is 13.5. The van der Waals surface area contributed by atoms with Gasteiger partial charge < -0.3 is 18.8 Å². The molecule has 1 amide bonds. The van der Waals surface area contributed by atoms with Gasteiger partial charge in [-0.3, -0.25) is 9.59 Å². The summed E-state index contributed by atoms with van der Waals surface area (Å²) >= 11 is 0. The number of unbranched alkanes of at least 4 members (excludes halogenated alkanes) is 1. The SMILES string of the molecule is CCCCOc1ccc([C@@H]2c3c(oc4ccccc4c3=O)C(=O)N2CCCOC(C)C)cc1. The molecule has 0 saturated heterocycles. The monoisotopic (exact) mass is 449 g/mol. The van der Waals surface area contributed by atoms with Gasteiger partial charge in [0.15, 0.2) is 5.43 Å². The zero-order chi connectivity index (χ0) is 23.4. The zero-order valence-corrected chi connectivity index (χ0v) is 19.5. The predicted molar refractivity (Wildman–Crippen MR) is 128 cm³/mol. The number of nitrogens with zero attached hydrogens (tertiary/aromatic N) is 1. The van der Waals surface area contributed by atoms with Crippen molar-refractivity contribution in [3.63, 3.8) is 0 Å². The number of rotatable bonds is 10. The molecular formula is C27H31NO5. The second-order valence-corrected chi connectivity index (χ2v) is 8.62. The maximum Gasteiger partial charge on any atom is 0.290 e. The fourth-order valence-electron chi connectivity index (χ4n) is 4.18. The average molecular weight is 450 g/mol. The Hall–Kier alpha value is -3.12. The molecule has 6 heteroatoms. The molecule has 3 aromatic rings. The van der Waals surface area contributed by atoms with E-state index in [1.54, 1.807) is 29.2 Å². The molecule has 0 bridgehead atoms. The Kier molecular flexibility index (Phi) is 7.14. The van der Waals surface area contributed by atoms with E-state index in [4.69, 9.17) is 13.9 Å². The Balaban J connectivity index is 1.70. The molecular weight excluding hydrogens is 418 g/mol. The van der Waals surface area contributed by atoms with Crippen molar-refractivity contribution in [1.29, 1.82) is 0 Å². The molecule has 6 nitrogen and oxygen atoms in total. The maximum atomic E-state index is 13.5. The summed E-state index contributed by atoms with van der Waals surface area (Å²) in [6.45, 7) is 7.76. The van der Waals surface area contributed by atoms with E-state index in [1.165, 1.54) is 0 Å². The van der Waals surface area contributed by atoms with Crippen molar-refractivity contribution in [2.75, 3.05) is 19.8 Å². The Bertz CT molecular complexity index is 1170. The van der Waals surface area contributed by atoms with E-state index in [0.717, 1.165) is 24.2 Å². The molecule has 0 unspecified atom stereocenters. The van der Waals surface area contributed by atoms with E-state index >= 15 is 0 Å². The largest absolute Gasteiger partial charge is 0.494 e. The zero-order valence-electron chi connectivity index (χ0n) is 19.5. The number of carbonyl (C=O) groups is 1. The third kappa shape index (κ3) is 4.81. The van der Waals surface area contributed by atoms with Crippen LogP contribution >= 0.6 is 0 Å². The molecule has 0 N–H and O–H groups in total. The number of hydrogen-bond acceptors (Lipinski definition) is 5. The molecule has 0 spiro atoms. The van der Waals surface area contributed by atoms with E-state index in [9.17, 15) is 9.59 Å². The van der Waals surface area contributed by atoms with Gasteiger partial charge in [-0.2, -0.15) is 0 Å². The quantitative estimate of drug-likeness (QED) is 0.391. The van der Waals surface area contributed by atoms with Crippen molar-refractivity contribution in [1.82, 2.24) is 4.90 Å². The highest BCUT2D eigenvalue weighted by Gasteiger charge is 2.42. The van der Waals surface area contributed by atoms with Gasteiger partial charge in [-0.15, -0.1) is 0 Å². The number of benzene rings is 2. The topological polar surface area (TPSA) is 69.0 Å². The van der Waals surface area contributed by atoms with Gasteiger partial charge in [0.2, 0.25) is 5.76 Å². The third-order valence-corrected chi connectivity index (χ3v) is 5.83. The Morgan fingerprint density at radius 2 is 1.76 bits per heavy atom. The average Bonchev–Trinajstić information content (AvgIpc) is 3.09. The first kappa shape index (κ1) is 23.1. The van der Waals surface area contributed by atoms with Crippen LogP contribution in [0.25, 0.3) is 11.0 Å². The van der Waals surface area contributed by atoms with Crippen LogP contribution < -0.4 is 10.2 Å². The van der Waals surface area contributed by atoms with Crippen molar-refractivity contribution in [3.8, 4) is 5.75 Å². The minimum Gasteiger partial charge on any atom is -0.494 e. The molecule has 1 aromatic heterocycles. The summed E-state index contributed by atoms with van der Waals surface area (Å²) in [6, 6.07) is 14.2. The van der Waals surface area contributed by atoms with Crippen LogP contribution in [-0.4, -0.2) is 36.7 Å². The van der Waals surface area contributed by atoms with E-state index in [1.807, 2.05) is 38.1 Å². The molecule has 1 atom stereocenters. The van der Waals surface area contributed by atoms with Crippen molar-refractivity contribution in [3.05, 3.63) is 75.6 Å². The van der Waals surface area contributed by atoms with Gasteiger partial charge >= 0.3 is 0 Å². The summed E-state index contributed by atoms with van der Waals surface area (Å²) in [4.78, 5) is 28.6. The normalized spacial score (nSPS) is 15.5. The lowest BCUT2D eigenvalue weighted by atomic mass is 9.98. The van der Waals surface area contributed by atoms with Crippen LogP contribution in [-0.2, 0) is 4.74 Å². The fourth-order valence-corrected chi connectivity index (χ4v) is 4.18. The van der Waals surface area contributed by atoms with E-state index in [0.29, 0.717) is 42.7 Å². The van der Waals surface area contributed by atoms with Crippen LogP contribution in [0.15, 0.2) is 57.7 Å². The molecule has 0 fully saturated rings.